The van der Waals surface area contributed by atoms with Gasteiger partial charge in [-0.25, -0.2) is 4.98 Å². The molecule has 0 radical (unpaired) electrons. The summed E-state index contributed by atoms with van der Waals surface area (Å²) in [5, 5.41) is 7.82. The van der Waals surface area contributed by atoms with Gasteiger partial charge in [0, 0.05) is 23.5 Å². The molecule has 7 nitrogen and oxygen atoms in total. The SMILES string of the molecule is Cc1ccccc1C(=O)N(CC(=O)Nc1nc(CC(=O)NCc2ccccc2)cs1)C1CC1. The maximum atomic E-state index is 13.0. The fourth-order valence-corrected chi connectivity index (χ4v) is 4.23. The molecule has 0 aliphatic heterocycles. The molecule has 1 aromatic heterocycles. The fourth-order valence-electron chi connectivity index (χ4n) is 3.50. The van der Waals surface area contributed by atoms with E-state index in [1.807, 2.05) is 55.5 Å². The highest BCUT2D eigenvalue weighted by Crippen LogP contribution is 2.29. The minimum absolute atomic E-state index is 0.0235. The molecule has 3 aromatic rings. The first-order valence-electron chi connectivity index (χ1n) is 10.9. The molecular formula is C25H26N4O3S. The maximum Gasteiger partial charge on any atom is 0.254 e. The van der Waals surface area contributed by atoms with Gasteiger partial charge in [-0.3, -0.25) is 14.4 Å². The number of aromatic nitrogens is 1. The van der Waals surface area contributed by atoms with Crippen molar-refractivity contribution in [2.75, 3.05) is 11.9 Å². The van der Waals surface area contributed by atoms with Gasteiger partial charge >= 0.3 is 0 Å². The highest BCUT2D eigenvalue weighted by Gasteiger charge is 2.34. The van der Waals surface area contributed by atoms with Crippen LogP contribution in [0, 0.1) is 6.92 Å². The van der Waals surface area contributed by atoms with E-state index in [9.17, 15) is 14.4 Å². The molecule has 8 heteroatoms. The summed E-state index contributed by atoms with van der Waals surface area (Å²) in [6.45, 7) is 2.33. The quantitative estimate of drug-likeness (QED) is 0.509. The third-order valence-corrected chi connectivity index (χ3v) is 6.22. The third-order valence-electron chi connectivity index (χ3n) is 5.41. The van der Waals surface area contributed by atoms with E-state index in [2.05, 4.69) is 15.6 Å². The Kier molecular flexibility index (Phi) is 7.14. The molecule has 0 bridgehead atoms. The van der Waals surface area contributed by atoms with Gasteiger partial charge in [0.2, 0.25) is 11.8 Å². The van der Waals surface area contributed by atoms with Crippen LogP contribution in [0.3, 0.4) is 0 Å². The Hall–Kier alpha value is -3.52. The molecule has 1 fully saturated rings. The highest BCUT2D eigenvalue weighted by atomic mass is 32.1. The highest BCUT2D eigenvalue weighted by molar-refractivity contribution is 7.13. The van der Waals surface area contributed by atoms with Gasteiger partial charge in [-0.15, -0.1) is 11.3 Å². The molecule has 170 valence electrons. The average Bonchev–Trinajstić information content (AvgIpc) is 3.57. The minimum Gasteiger partial charge on any atom is -0.352 e. The lowest BCUT2D eigenvalue weighted by Crippen LogP contribution is -2.39. The van der Waals surface area contributed by atoms with Gasteiger partial charge in [0.15, 0.2) is 5.13 Å². The van der Waals surface area contributed by atoms with E-state index in [1.54, 1.807) is 16.3 Å². The first-order valence-corrected chi connectivity index (χ1v) is 11.8. The number of aryl methyl sites for hydroxylation is 1. The van der Waals surface area contributed by atoms with E-state index >= 15 is 0 Å². The predicted octanol–water partition coefficient (Wildman–Crippen LogP) is 3.55. The molecule has 0 atom stereocenters. The van der Waals surface area contributed by atoms with Crippen molar-refractivity contribution in [1.29, 1.82) is 0 Å². The zero-order chi connectivity index (χ0) is 23.2. The molecule has 2 aromatic carbocycles. The van der Waals surface area contributed by atoms with Gasteiger partial charge < -0.3 is 15.5 Å². The smallest absolute Gasteiger partial charge is 0.254 e. The largest absolute Gasteiger partial charge is 0.352 e. The second-order valence-corrected chi connectivity index (χ2v) is 8.97. The molecule has 1 saturated carbocycles. The first kappa shape index (κ1) is 22.7. The van der Waals surface area contributed by atoms with E-state index < -0.39 is 0 Å². The summed E-state index contributed by atoms with van der Waals surface area (Å²) in [7, 11) is 0. The van der Waals surface area contributed by atoms with E-state index in [0.717, 1.165) is 24.0 Å². The Balaban J connectivity index is 1.30. The van der Waals surface area contributed by atoms with Crippen LogP contribution in [0.4, 0.5) is 5.13 Å². The number of carbonyl (C=O) groups is 3. The zero-order valence-electron chi connectivity index (χ0n) is 18.4. The molecule has 1 aliphatic rings. The van der Waals surface area contributed by atoms with E-state index in [0.29, 0.717) is 22.9 Å². The number of anilines is 1. The Morgan fingerprint density at radius 1 is 1.03 bits per heavy atom. The lowest BCUT2D eigenvalue weighted by atomic mass is 10.1. The van der Waals surface area contributed by atoms with Gasteiger partial charge in [0.05, 0.1) is 12.1 Å². The number of thiazole rings is 1. The van der Waals surface area contributed by atoms with Crippen molar-refractivity contribution >= 4 is 34.2 Å². The lowest BCUT2D eigenvalue weighted by molar-refractivity contribution is -0.120. The molecule has 0 saturated heterocycles. The first-order chi connectivity index (χ1) is 16.0. The second-order valence-electron chi connectivity index (χ2n) is 8.11. The van der Waals surface area contributed by atoms with Crippen LogP contribution in [-0.4, -0.2) is 40.2 Å². The van der Waals surface area contributed by atoms with E-state index in [4.69, 9.17) is 0 Å². The van der Waals surface area contributed by atoms with Crippen LogP contribution in [-0.2, 0) is 22.6 Å². The summed E-state index contributed by atoms with van der Waals surface area (Å²) in [6.07, 6.45) is 1.95. The van der Waals surface area contributed by atoms with Crippen molar-refractivity contribution in [3.8, 4) is 0 Å². The molecule has 3 amide bonds. The second kappa shape index (κ2) is 10.4. The van der Waals surface area contributed by atoms with Crippen LogP contribution in [0.25, 0.3) is 0 Å². The van der Waals surface area contributed by atoms with Crippen LogP contribution in [0.15, 0.2) is 60.0 Å². The number of hydrogen-bond donors (Lipinski definition) is 2. The van der Waals surface area contributed by atoms with Crippen molar-refractivity contribution in [2.45, 2.75) is 38.8 Å². The zero-order valence-corrected chi connectivity index (χ0v) is 19.2. The van der Waals surface area contributed by atoms with Crippen LogP contribution >= 0.6 is 11.3 Å². The van der Waals surface area contributed by atoms with Gasteiger partial charge in [0.25, 0.3) is 5.91 Å². The maximum absolute atomic E-state index is 13.0. The molecule has 1 aliphatic carbocycles. The van der Waals surface area contributed by atoms with Crippen molar-refractivity contribution in [1.82, 2.24) is 15.2 Å². The number of nitrogens with one attached hydrogen (secondary N) is 2. The normalized spacial score (nSPS) is 12.8. The van der Waals surface area contributed by atoms with Crippen molar-refractivity contribution in [3.05, 3.63) is 82.4 Å². The van der Waals surface area contributed by atoms with Gasteiger partial charge in [-0.05, 0) is 37.0 Å². The van der Waals surface area contributed by atoms with Crippen LogP contribution in [0.2, 0.25) is 0 Å². The summed E-state index contributed by atoms with van der Waals surface area (Å²) in [6, 6.07) is 17.2. The number of carbonyl (C=O) groups excluding carboxylic acids is 3. The fraction of sp³-hybridized carbons (Fsp3) is 0.280. The summed E-state index contributed by atoms with van der Waals surface area (Å²) in [5.41, 5.74) is 3.13. The number of hydrogen-bond acceptors (Lipinski definition) is 5. The number of amides is 3. The molecule has 1 heterocycles. The Bertz CT molecular complexity index is 1140. The Labute approximate surface area is 196 Å². The number of benzene rings is 2. The number of rotatable bonds is 9. The predicted molar refractivity (Wildman–Crippen MR) is 128 cm³/mol. The van der Waals surface area contributed by atoms with Crippen molar-refractivity contribution < 1.29 is 14.4 Å². The topological polar surface area (TPSA) is 91.4 Å². The van der Waals surface area contributed by atoms with Gasteiger partial charge in [-0.1, -0.05) is 48.5 Å². The molecule has 0 spiro atoms. The van der Waals surface area contributed by atoms with Crippen LogP contribution in [0.1, 0.15) is 40.0 Å². The monoisotopic (exact) mass is 462 g/mol. The standard InChI is InChI=1S/C25H26N4O3S/c1-17-7-5-6-10-21(17)24(32)29(20-11-12-20)15-23(31)28-25-27-19(16-33-25)13-22(30)26-14-18-8-3-2-4-9-18/h2-10,16,20H,11-15H2,1H3,(H,26,30)(H,27,28,31). The molecule has 2 N–H and O–H groups in total. The molecule has 4 rings (SSSR count). The third kappa shape index (κ3) is 6.26. The molecular weight excluding hydrogens is 436 g/mol. The summed E-state index contributed by atoms with van der Waals surface area (Å²) in [5.74, 6) is -0.551. The Morgan fingerprint density at radius 3 is 2.48 bits per heavy atom. The van der Waals surface area contributed by atoms with Gasteiger partial charge in [-0.2, -0.15) is 0 Å². The average molecular weight is 463 g/mol. The van der Waals surface area contributed by atoms with Crippen LogP contribution < -0.4 is 10.6 Å². The summed E-state index contributed by atoms with van der Waals surface area (Å²) in [4.78, 5) is 43.9. The Morgan fingerprint density at radius 2 is 1.76 bits per heavy atom. The van der Waals surface area contributed by atoms with E-state index in [1.165, 1.54) is 11.3 Å². The van der Waals surface area contributed by atoms with Crippen molar-refractivity contribution in [2.24, 2.45) is 0 Å². The summed E-state index contributed by atoms with van der Waals surface area (Å²) < 4.78 is 0. The lowest BCUT2D eigenvalue weighted by Gasteiger charge is -2.22. The molecule has 33 heavy (non-hydrogen) atoms. The molecule has 0 unspecified atom stereocenters. The minimum atomic E-state index is -0.293. The van der Waals surface area contributed by atoms with E-state index in [-0.39, 0.29) is 36.7 Å². The van der Waals surface area contributed by atoms with Gasteiger partial charge in [0.1, 0.15) is 6.54 Å². The van der Waals surface area contributed by atoms with Crippen molar-refractivity contribution in [3.63, 3.8) is 0 Å². The summed E-state index contributed by atoms with van der Waals surface area (Å²) >= 11 is 1.27. The van der Waals surface area contributed by atoms with Crippen LogP contribution in [0.5, 0.6) is 0 Å². The number of nitrogens with zero attached hydrogens (tertiary/aromatic N) is 2.